The first-order chi connectivity index (χ1) is 11.8. The zero-order chi connectivity index (χ0) is 17.1. The van der Waals surface area contributed by atoms with Gasteiger partial charge in [-0.05, 0) is 26.7 Å². The third-order valence-corrected chi connectivity index (χ3v) is 5.37. The van der Waals surface area contributed by atoms with Gasteiger partial charge in [-0.25, -0.2) is 0 Å². The molecule has 4 heteroatoms. The van der Waals surface area contributed by atoms with Gasteiger partial charge in [0.05, 0.1) is 13.2 Å². The van der Waals surface area contributed by atoms with Crippen LogP contribution in [-0.4, -0.2) is 38.5 Å². The van der Waals surface area contributed by atoms with E-state index in [0.717, 1.165) is 0 Å². The molecule has 0 aromatic rings. The SMILES string of the molecule is CCOC(C)OC1(C2CCCCCCCCCCC2)COCCO1. The predicted octanol–water partition coefficient (Wildman–Crippen LogP) is 5.05. The number of ether oxygens (including phenoxy) is 4. The average molecular weight is 343 g/mol. The van der Waals surface area contributed by atoms with Gasteiger partial charge in [0.25, 0.3) is 0 Å². The molecule has 0 aromatic carbocycles. The summed E-state index contributed by atoms with van der Waals surface area (Å²) in [6, 6.07) is 0. The maximum atomic E-state index is 6.31. The first-order valence-electron chi connectivity index (χ1n) is 10.3. The van der Waals surface area contributed by atoms with Crippen molar-refractivity contribution in [3.63, 3.8) is 0 Å². The molecule has 2 fully saturated rings. The highest BCUT2D eigenvalue weighted by molar-refractivity contribution is 4.83. The van der Waals surface area contributed by atoms with Gasteiger partial charge in [0.1, 0.15) is 6.61 Å². The highest BCUT2D eigenvalue weighted by Gasteiger charge is 2.44. The molecule has 142 valence electrons. The van der Waals surface area contributed by atoms with Gasteiger partial charge in [-0.2, -0.15) is 0 Å². The van der Waals surface area contributed by atoms with Crippen LogP contribution in [0, 0.1) is 5.92 Å². The van der Waals surface area contributed by atoms with E-state index in [2.05, 4.69) is 0 Å². The van der Waals surface area contributed by atoms with Gasteiger partial charge in [-0.1, -0.05) is 57.8 Å². The minimum absolute atomic E-state index is 0.252. The minimum atomic E-state index is -0.614. The van der Waals surface area contributed by atoms with Crippen LogP contribution in [0.25, 0.3) is 0 Å². The van der Waals surface area contributed by atoms with E-state index >= 15 is 0 Å². The molecule has 0 aromatic heterocycles. The fraction of sp³-hybridized carbons (Fsp3) is 1.00. The molecule has 0 radical (unpaired) electrons. The molecule has 2 unspecified atom stereocenters. The Morgan fingerprint density at radius 3 is 2.00 bits per heavy atom. The molecule has 1 aliphatic heterocycles. The number of hydrogen-bond acceptors (Lipinski definition) is 4. The lowest BCUT2D eigenvalue weighted by Crippen LogP contribution is -2.53. The Kier molecular flexibility index (Phi) is 9.62. The van der Waals surface area contributed by atoms with Gasteiger partial charge < -0.3 is 18.9 Å². The molecule has 1 aliphatic carbocycles. The van der Waals surface area contributed by atoms with Gasteiger partial charge in [0.15, 0.2) is 12.1 Å². The van der Waals surface area contributed by atoms with Gasteiger partial charge in [0, 0.05) is 12.5 Å². The van der Waals surface area contributed by atoms with Crippen LogP contribution in [0.3, 0.4) is 0 Å². The maximum Gasteiger partial charge on any atom is 0.197 e. The lowest BCUT2D eigenvalue weighted by atomic mass is 9.86. The van der Waals surface area contributed by atoms with E-state index in [1.807, 2.05) is 13.8 Å². The summed E-state index contributed by atoms with van der Waals surface area (Å²) in [5.74, 6) is -0.211. The van der Waals surface area contributed by atoms with Crippen LogP contribution >= 0.6 is 0 Å². The Morgan fingerprint density at radius 1 is 0.917 bits per heavy atom. The lowest BCUT2D eigenvalue weighted by molar-refractivity contribution is -0.361. The summed E-state index contributed by atoms with van der Waals surface area (Å²) in [5.41, 5.74) is 0. The van der Waals surface area contributed by atoms with Crippen molar-refractivity contribution in [1.29, 1.82) is 0 Å². The predicted molar refractivity (Wildman–Crippen MR) is 96.0 cm³/mol. The fourth-order valence-electron chi connectivity index (χ4n) is 4.08. The quantitative estimate of drug-likeness (QED) is 0.655. The molecular formula is C20H38O4. The summed E-state index contributed by atoms with van der Waals surface area (Å²) in [5, 5.41) is 0. The van der Waals surface area contributed by atoms with Crippen molar-refractivity contribution in [2.24, 2.45) is 5.92 Å². The molecule has 0 spiro atoms. The summed E-state index contributed by atoms with van der Waals surface area (Å²) < 4.78 is 24.0. The molecule has 1 saturated carbocycles. The van der Waals surface area contributed by atoms with Crippen molar-refractivity contribution >= 4 is 0 Å². The normalized spacial score (nSPS) is 30.2. The lowest BCUT2D eigenvalue weighted by Gasteiger charge is -2.44. The van der Waals surface area contributed by atoms with Crippen molar-refractivity contribution in [2.45, 2.75) is 96.6 Å². The molecule has 4 nitrogen and oxygen atoms in total. The highest BCUT2D eigenvalue weighted by Crippen LogP contribution is 2.36. The van der Waals surface area contributed by atoms with Crippen molar-refractivity contribution in [2.75, 3.05) is 26.4 Å². The largest absolute Gasteiger partial charge is 0.373 e. The maximum absolute atomic E-state index is 6.31. The summed E-state index contributed by atoms with van der Waals surface area (Å²) in [6.07, 6.45) is 14.2. The topological polar surface area (TPSA) is 36.9 Å². The minimum Gasteiger partial charge on any atom is -0.373 e. The third-order valence-electron chi connectivity index (χ3n) is 5.37. The Morgan fingerprint density at radius 2 is 1.50 bits per heavy atom. The van der Waals surface area contributed by atoms with E-state index in [4.69, 9.17) is 18.9 Å². The second kappa shape index (κ2) is 11.5. The van der Waals surface area contributed by atoms with E-state index in [0.29, 0.717) is 32.3 Å². The molecule has 2 aliphatic rings. The molecule has 0 amide bonds. The van der Waals surface area contributed by atoms with Crippen LogP contribution in [0.2, 0.25) is 0 Å². The zero-order valence-electron chi connectivity index (χ0n) is 15.9. The molecule has 24 heavy (non-hydrogen) atoms. The molecule has 0 bridgehead atoms. The third kappa shape index (κ3) is 6.62. The number of rotatable bonds is 5. The summed E-state index contributed by atoms with van der Waals surface area (Å²) in [4.78, 5) is 0. The van der Waals surface area contributed by atoms with Crippen molar-refractivity contribution in [3.05, 3.63) is 0 Å². The van der Waals surface area contributed by atoms with Crippen LogP contribution in [0.4, 0.5) is 0 Å². The van der Waals surface area contributed by atoms with Crippen LogP contribution in [-0.2, 0) is 18.9 Å². The first-order valence-corrected chi connectivity index (χ1v) is 10.3. The van der Waals surface area contributed by atoms with Crippen LogP contribution in [0.15, 0.2) is 0 Å². The van der Waals surface area contributed by atoms with Gasteiger partial charge in [-0.3, -0.25) is 0 Å². The van der Waals surface area contributed by atoms with E-state index in [1.54, 1.807) is 0 Å². The molecule has 0 N–H and O–H groups in total. The van der Waals surface area contributed by atoms with Crippen LogP contribution < -0.4 is 0 Å². The average Bonchev–Trinajstić information content (AvgIpc) is 2.56. The van der Waals surface area contributed by atoms with Crippen molar-refractivity contribution in [3.8, 4) is 0 Å². The van der Waals surface area contributed by atoms with E-state index < -0.39 is 5.79 Å². The van der Waals surface area contributed by atoms with Crippen molar-refractivity contribution in [1.82, 2.24) is 0 Å². The summed E-state index contributed by atoms with van der Waals surface area (Å²) in [6.45, 7) is 6.45. The Hall–Kier alpha value is -0.160. The van der Waals surface area contributed by atoms with E-state index in [1.165, 1.54) is 70.6 Å². The van der Waals surface area contributed by atoms with Crippen LogP contribution in [0.1, 0.15) is 84.5 Å². The Labute approximate surface area is 148 Å². The smallest absolute Gasteiger partial charge is 0.197 e. The number of hydrogen-bond donors (Lipinski definition) is 0. The van der Waals surface area contributed by atoms with Crippen LogP contribution in [0.5, 0.6) is 0 Å². The highest BCUT2D eigenvalue weighted by atomic mass is 16.8. The Bertz CT molecular complexity index is 303. The fourth-order valence-corrected chi connectivity index (χ4v) is 4.08. The molecule has 1 heterocycles. The zero-order valence-corrected chi connectivity index (χ0v) is 15.9. The molecule has 1 saturated heterocycles. The first kappa shape index (κ1) is 20.2. The van der Waals surface area contributed by atoms with E-state index in [9.17, 15) is 0 Å². The monoisotopic (exact) mass is 342 g/mol. The Balaban J connectivity index is 2.01. The van der Waals surface area contributed by atoms with Gasteiger partial charge >= 0.3 is 0 Å². The second-order valence-corrected chi connectivity index (χ2v) is 7.31. The molecular weight excluding hydrogens is 304 g/mol. The second-order valence-electron chi connectivity index (χ2n) is 7.31. The van der Waals surface area contributed by atoms with Crippen molar-refractivity contribution < 1.29 is 18.9 Å². The van der Waals surface area contributed by atoms with E-state index in [-0.39, 0.29) is 6.29 Å². The standard InChI is InChI=1S/C20H38O4/c1-3-22-18(2)24-20(17-21-15-16-23-20)19-13-11-9-7-5-4-6-8-10-12-14-19/h18-19H,3-17H2,1-2H3. The molecule has 2 rings (SSSR count). The molecule has 2 atom stereocenters. The van der Waals surface area contributed by atoms with Gasteiger partial charge in [-0.15, -0.1) is 0 Å². The van der Waals surface area contributed by atoms with Gasteiger partial charge in [0.2, 0.25) is 0 Å². The summed E-state index contributed by atoms with van der Waals surface area (Å²) in [7, 11) is 0. The summed E-state index contributed by atoms with van der Waals surface area (Å²) >= 11 is 0.